The minimum absolute atomic E-state index is 0.0218. The average Bonchev–Trinajstić information content (AvgIpc) is 3.23. The predicted molar refractivity (Wildman–Crippen MR) is 115 cm³/mol. The largest absolute Gasteiger partial charge is 0.508 e. The highest BCUT2D eigenvalue weighted by Crippen LogP contribution is 2.45. The number of carbonyl (C=O) groups is 4. The molecule has 2 aliphatic rings. The molecule has 1 fully saturated rings. The number of anilines is 2. The van der Waals surface area contributed by atoms with Crippen molar-refractivity contribution in [3.63, 3.8) is 0 Å². The van der Waals surface area contributed by atoms with Crippen molar-refractivity contribution in [1.29, 1.82) is 0 Å². The van der Waals surface area contributed by atoms with Crippen LogP contribution in [0.3, 0.4) is 0 Å². The first-order valence-corrected chi connectivity index (χ1v) is 10.6. The Morgan fingerprint density at radius 1 is 1.30 bits per heavy atom. The summed E-state index contributed by atoms with van der Waals surface area (Å²) in [6.07, 6.45) is 0. The summed E-state index contributed by atoms with van der Waals surface area (Å²) in [4.78, 5) is 51.3. The molecule has 0 saturated carbocycles. The van der Waals surface area contributed by atoms with Crippen LogP contribution in [0.25, 0.3) is 5.57 Å². The number of rotatable bonds is 6. The minimum Gasteiger partial charge on any atom is -0.508 e. The Morgan fingerprint density at radius 2 is 2.00 bits per heavy atom. The van der Waals surface area contributed by atoms with Crippen molar-refractivity contribution in [2.75, 3.05) is 22.5 Å². The van der Waals surface area contributed by atoms with Gasteiger partial charge in [-0.05, 0) is 24.3 Å². The lowest BCUT2D eigenvalue weighted by molar-refractivity contribution is -0.148. The highest BCUT2D eigenvalue weighted by Gasteiger charge is 2.57. The number of fused-ring (bicyclic) bond motifs is 1. The Labute approximate surface area is 190 Å². The number of thioether (sulfide) groups is 1. The number of carbonyl (C=O) groups excluding carboxylic acids is 3. The van der Waals surface area contributed by atoms with Crippen LogP contribution in [0, 0.1) is 0 Å². The molecule has 0 radical (unpaired) electrons. The molecule has 2 aromatic rings. The van der Waals surface area contributed by atoms with Crippen molar-refractivity contribution < 1.29 is 33.8 Å². The summed E-state index contributed by atoms with van der Waals surface area (Å²) in [7, 11) is 0. The number of aromatic hydroxyl groups is 1. The van der Waals surface area contributed by atoms with E-state index < -0.39 is 35.1 Å². The lowest BCUT2D eigenvalue weighted by Gasteiger charge is -2.52. The highest BCUT2D eigenvalue weighted by atomic mass is 32.2. The second-order valence-electron chi connectivity index (χ2n) is 7.06. The molecule has 13 nitrogen and oxygen atoms in total. The zero-order valence-electron chi connectivity index (χ0n) is 17.1. The second-order valence-corrected chi connectivity index (χ2v) is 8.17. The third-order valence-corrected chi connectivity index (χ3v) is 6.22. The van der Waals surface area contributed by atoms with Crippen LogP contribution >= 0.6 is 11.8 Å². The maximum Gasteiger partial charge on any atom is 0.353 e. The van der Waals surface area contributed by atoms with Gasteiger partial charge in [0, 0.05) is 18.4 Å². The lowest BCUT2D eigenvalue weighted by atomic mass is 10.00. The normalized spacial score (nSPS) is 19.6. The number of nitrogens with two attached hydrogens (primary N) is 1. The van der Waals surface area contributed by atoms with E-state index in [9.17, 15) is 29.4 Å². The molecular formula is C19H18N6O7S. The van der Waals surface area contributed by atoms with Gasteiger partial charge in [0.05, 0.1) is 12.1 Å². The van der Waals surface area contributed by atoms with Crippen molar-refractivity contribution in [2.24, 2.45) is 5.73 Å². The van der Waals surface area contributed by atoms with E-state index in [1.807, 2.05) is 0 Å². The number of aliphatic carboxylic acids is 1. The summed E-state index contributed by atoms with van der Waals surface area (Å²) in [6.45, 7) is 0.872. The number of hydrogen-bond donors (Lipinski definition) is 4. The zero-order chi connectivity index (χ0) is 23.9. The van der Waals surface area contributed by atoms with Crippen LogP contribution in [0.1, 0.15) is 12.8 Å². The standard InChI is InChI=1S/C19H18N6O7S/c1-8(26)21-19-23-22-15(32-19)11-7-33-17-14(16(29)25(17)13(11)18(30)31)24(12(28)6-20)9-2-4-10(27)5-3-9/h2-5,14,17,27H,6-7,20H2,1H3,(H,30,31)(H,21,23,26)/t14?,17-/m0/s1. The molecule has 1 aromatic heterocycles. The van der Waals surface area contributed by atoms with Crippen molar-refractivity contribution in [2.45, 2.75) is 18.3 Å². The monoisotopic (exact) mass is 474 g/mol. The van der Waals surface area contributed by atoms with Crippen LogP contribution in [0.2, 0.25) is 0 Å². The molecule has 5 N–H and O–H groups in total. The molecule has 2 atom stereocenters. The summed E-state index contributed by atoms with van der Waals surface area (Å²) in [5, 5.41) is 28.4. The van der Waals surface area contributed by atoms with E-state index in [-0.39, 0.29) is 41.2 Å². The lowest BCUT2D eigenvalue weighted by Crippen LogP contribution is -2.72. The van der Waals surface area contributed by atoms with Gasteiger partial charge in [-0.1, -0.05) is 5.10 Å². The van der Waals surface area contributed by atoms with Gasteiger partial charge in [-0.25, -0.2) is 4.79 Å². The van der Waals surface area contributed by atoms with Crippen LogP contribution < -0.4 is 16.0 Å². The smallest absolute Gasteiger partial charge is 0.353 e. The van der Waals surface area contributed by atoms with Gasteiger partial charge in [0.2, 0.25) is 17.7 Å². The van der Waals surface area contributed by atoms with Crippen molar-refractivity contribution >= 4 is 52.7 Å². The van der Waals surface area contributed by atoms with Gasteiger partial charge in [0.15, 0.2) is 0 Å². The Morgan fingerprint density at radius 3 is 2.61 bits per heavy atom. The first-order chi connectivity index (χ1) is 15.7. The van der Waals surface area contributed by atoms with E-state index in [1.165, 1.54) is 47.9 Å². The number of carboxylic acid groups (broad SMARTS) is 1. The summed E-state index contributed by atoms with van der Waals surface area (Å²) in [5.41, 5.74) is 5.65. The van der Waals surface area contributed by atoms with E-state index >= 15 is 0 Å². The van der Waals surface area contributed by atoms with Crippen LogP contribution in [0.15, 0.2) is 34.4 Å². The number of carboxylic acids is 1. The zero-order valence-corrected chi connectivity index (χ0v) is 17.9. The Kier molecular flexibility index (Phi) is 5.78. The summed E-state index contributed by atoms with van der Waals surface area (Å²) >= 11 is 1.21. The van der Waals surface area contributed by atoms with Gasteiger partial charge in [-0.3, -0.25) is 29.5 Å². The molecule has 172 valence electrons. The molecule has 3 heterocycles. The van der Waals surface area contributed by atoms with E-state index in [4.69, 9.17) is 10.2 Å². The van der Waals surface area contributed by atoms with E-state index in [1.54, 1.807) is 0 Å². The van der Waals surface area contributed by atoms with Crippen molar-refractivity contribution in [3.8, 4) is 5.75 Å². The first-order valence-electron chi connectivity index (χ1n) is 9.56. The second kappa shape index (κ2) is 8.55. The minimum atomic E-state index is -1.39. The quantitative estimate of drug-likeness (QED) is 0.405. The van der Waals surface area contributed by atoms with Crippen molar-refractivity contribution in [1.82, 2.24) is 15.1 Å². The maximum absolute atomic E-state index is 13.1. The molecule has 0 spiro atoms. The highest BCUT2D eigenvalue weighted by molar-refractivity contribution is 8.00. The van der Waals surface area contributed by atoms with E-state index in [0.717, 1.165) is 4.90 Å². The van der Waals surface area contributed by atoms with Crippen LogP contribution in [-0.2, 0) is 19.2 Å². The Bertz CT molecular complexity index is 1180. The molecule has 1 unspecified atom stereocenters. The molecule has 14 heteroatoms. The van der Waals surface area contributed by atoms with Gasteiger partial charge < -0.3 is 20.4 Å². The Balaban J connectivity index is 1.69. The maximum atomic E-state index is 13.1. The topological polar surface area (TPSA) is 192 Å². The van der Waals surface area contributed by atoms with Gasteiger partial charge in [-0.2, -0.15) is 0 Å². The number of β-lactam (4-membered cyclic amide) rings is 1. The third kappa shape index (κ3) is 3.89. The summed E-state index contributed by atoms with van der Waals surface area (Å²) in [6, 6.07) is 4.46. The SMILES string of the molecule is CC(=O)Nc1nnc(C2=C(C(=O)O)N3C(=O)C(N(C(=O)CN)c4ccc(O)cc4)[C@@H]3SC2)o1. The number of nitrogens with zero attached hydrogens (tertiary/aromatic N) is 4. The van der Waals surface area contributed by atoms with Crippen LogP contribution in [0.5, 0.6) is 5.75 Å². The molecule has 0 bridgehead atoms. The number of nitrogens with one attached hydrogen (secondary N) is 1. The van der Waals surface area contributed by atoms with Crippen LogP contribution in [0.4, 0.5) is 11.7 Å². The number of phenols is 1. The number of hydrogen-bond acceptors (Lipinski definition) is 10. The molecule has 0 aliphatic carbocycles. The average molecular weight is 474 g/mol. The fourth-order valence-corrected chi connectivity index (χ4v) is 4.96. The van der Waals surface area contributed by atoms with Gasteiger partial charge in [-0.15, -0.1) is 16.9 Å². The first kappa shape index (κ1) is 22.3. The molecule has 1 aromatic carbocycles. The molecule has 33 heavy (non-hydrogen) atoms. The Hall–Kier alpha value is -3.91. The fourth-order valence-electron chi connectivity index (χ4n) is 3.59. The van der Waals surface area contributed by atoms with Gasteiger partial charge in [0.25, 0.3) is 5.91 Å². The molecule has 1 saturated heterocycles. The fraction of sp³-hybridized carbons (Fsp3) is 0.263. The van der Waals surface area contributed by atoms with E-state index in [2.05, 4.69) is 15.5 Å². The molecule has 3 amide bonds. The third-order valence-electron chi connectivity index (χ3n) is 4.96. The van der Waals surface area contributed by atoms with Gasteiger partial charge in [0.1, 0.15) is 22.9 Å². The number of benzene rings is 1. The number of aromatic nitrogens is 2. The predicted octanol–water partition coefficient (Wildman–Crippen LogP) is -0.195. The molecule has 4 rings (SSSR count). The summed E-state index contributed by atoms with van der Waals surface area (Å²) < 4.78 is 5.34. The summed E-state index contributed by atoms with van der Waals surface area (Å²) in [5.74, 6) is -3.08. The van der Waals surface area contributed by atoms with Crippen LogP contribution in [-0.4, -0.2) is 72.7 Å². The van der Waals surface area contributed by atoms with E-state index in [0.29, 0.717) is 5.69 Å². The van der Waals surface area contributed by atoms with Crippen molar-refractivity contribution in [3.05, 3.63) is 35.9 Å². The molecule has 2 aliphatic heterocycles. The number of phenolic OH excluding ortho intramolecular Hbond substituents is 1. The number of amides is 3. The molecular weight excluding hydrogens is 456 g/mol. The van der Waals surface area contributed by atoms with Gasteiger partial charge >= 0.3 is 12.0 Å².